The minimum Gasteiger partial charge on any atom is -0.481 e. The molecular weight excluding hydrogens is 232 g/mol. The number of piperidine rings is 1. The Labute approximate surface area is 109 Å². The van der Waals surface area contributed by atoms with Crippen molar-refractivity contribution in [3.8, 4) is 0 Å². The summed E-state index contributed by atoms with van der Waals surface area (Å²) in [6.07, 6.45) is 1.95. The molecule has 1 N–H and O–H groups in total. The number of carboxylic acids is 1. The highest BCUT2D eigenvalue weighted by atomic mass is 16.4. The van der Waals surface area contributed by atoms with Gasteiger partial charge in [-0.2, -0.15) is 0 Å². The van der Waals surface area contributed by atoms with Gasteiger partial charge in [-0.3, -0.25) is 14.5 Å². The van der Waals surface area contributed by atoms with Gasteiger partial charge in [-0.05, 0) is 39.3 Å². The fourth-order valence-electron chi connectivity index (χ4n) is 2.35. The lowest BCUT2D eigenvalue weighted by atomic mass is 9.76. The number of amides is 1. The summed E-state index contributed by atoms with van der Waals surface area (Å²) in [6, 6.07) is 0. The lowest BCUT2D eigenvalue weighted by Crippen LogP contribution is -2.47. The summed E-state index contributed by atoms with van der Waals surface area (Å²) in [5, 5.41) is 9.29. The molecule has 1 aliphatic heterocycles. The Morgan fingerprint density at radius 1 is 1.28 bits per heavy atom. The van der Waals surface area contributed by atoms with Crippen LogP contribution in [0.1, 0.15) is 33.1 Å². The highest BCUT2D eigenvalue weighted by Gasteiger charge is 2.40. The number of carbonyl (C=O) groups is 2. The summed E-state index contributed by atoms with van der Waals surface area (Å²) >= 11 is 0. The largest absolute Gasteiger partial charge is 0.481 e. The Kier molecular flexibility index (Phi) is 5.14. The summed E-state index contributed by atoms with van der Waals surface area (Å²) in [5.74, 6) is -0.585. The highest BCUT2D eigenvalue weighted by Crippen LogP contribution is 2.34. The number of likely N-dealkylation sites (N-methyl/N-ethyl adjacent to an activating group) is 1. The first-order chi connectivity index (χ1) is 8.45. The van der Waals surface area contributed by atoms with E-state index in [2.05, 4.69) is 4.90 Å². The Hall–Kier alpha value is -1.10. The molecule has 0 unspecified atom stereocenters. The van der Waals surface area contributed by atoms with Gasteiger partial charge >= 0.3 is 5.97 Å². The molecule has 0 aromatic heterocycles. The standard InChI is InChI=1S/C13H24N2O3/c1-4-13(12(17)18)6-8-15(9-7-13)10-11(16)14(3)5-2/h4-10H2,1-3H3,(H,17,18). The number of rotatable bonds is 5. The van der Waals surface area contributed by atoms with Crippen LogP contribution in [0.3, 0.4) is 0 Å². The third-order valence-electron chi connectivity index (χ3n) is 4.20. The van der Waals surface area contributed by atoms with Crippen molar-refractivity contribution in [3.05, 3.63) is 0 Å². The molecule has 0 aliphatic carbocycles. The molecule has 0 radical (unpaired) electrons. The van der Waals surface area contributed by atoms with E-state index in [0.717, 1.165) is 0 Å². The number of carbonyl (C=O) groups excluding carboxylic acids is 1. The second kappa shape index (κ2) is 6.18. The summed E-state index contributed by atoms with van der Waals surface area (Å²) < 4.78 is 0. The Balaban J connectivity index is 2.49. The van der Waals surface area contributed by atoms with Crippen LogP contribution in [0.5, 0.6) is 0 Å². The summed E-state index contributed by atoms with van der Waals surface area (Å²) in [5.41, 5.74) is -0.573. The molecule has 1 aliphatic rings. The highest BCUT2D eigenvalue weighted by molar-refractivity contribution is 5.78. The van der Waals surface area contributed by atoms with Crippen LogP contribution in [0.15, 0.2) is 0 Å². The SMILES string of the molecule is CCN(C)C(=O)CN1CCC(CC)(C(=O)O)CC1. The molecule has 5 heteroatoms. The van der Waals surface area contributed by atoms with Crippen molar-refractivity contribution in [3.63, 3.8) is 0 Å². The van der Waals surface area contributed by atoms with Crippen molar-refractivity contribution in [2.75, 3.05) is 33.2 Å². The lowest BCUT2D eigenvalue weighted by Gasteiger charge is -2.38. The first-order valence-electron chi connectivity index (χ1n) is 6.65. The van der Waals surface area contributed by atoms with E-state index in [-0.39, 0.29) is 5.91 Å². The van der Waals surface area contributed by atoms with E-state index in [9.17, 15) is 14.7 Å². The van der Waals surface area contributed by atoms with E-state index in [1.165, 1.54) is 0 Å². The number of likely N-dealkylation sites (tertiary alicyclic amines) is 1. The van der Waals surface area contributed by atoms with Gasteiger partial charge in [0.1, 0.15) is 0 Å². The molecule has 0 aromatic rings. The number of hydrogen-bond donors (Lipinski definition) is 1. The van der Waals surface area contributed by atoms with Crippen molar-refractivity contribution in [2.24, 2.45) is 5.41 Å². The zero-order valence-corrected chi connectivity index (χ0v) is 11.6. The topological polar surface area (TPSA) is 60.9 Å². The molecule has 104 valence electrons. The first-order valence-corrected chi connectivity index (χ1v) is 6.65. The van der Waals surface area contributed by atoms with Gasteiger partial charge in [-0.15, -0.1) is 0 Å². The van der Waals surface area contributed by atoms with Crippen molar-refractivity contribution in [1.82, 2.24) is 9.80 Å². The monoisotopic (exact) mass is 256 g/mol. The van der Waals surface area contributed by atoms with Crippen LogP contribution in [0.2, 0.25) is 0 Å². The fourth-order valence-corrected chi connectivity index (χ4v) is 2.35. The van der Waals surface area contributed by atoms with Gasteiger partial charge in [0.2, 0.25) is 5.91 Å². The smallest absolute Gasteiger partial charge is 0.309 e. The van der Waals surface area contributed by atoms with Crippen LogP contribution in [0, 0.1) is 5.41 Å². The van der Waals surface area contributed by atoms with Crippen LogP contribution in [-0.4, -0.2) is 60.0 Å². The number of hydrogen-bond acceptors (Lipinski definition) is 3. The van der Waals surface area contributed by atoms with E-state index in [0.29, 0.717) is 45.4 Å². The van der Waals surface area contributed by atoms with Crippen LogP contribution in [0.25, 0.3) is 0 Å². The molecule has 5 nitrogen and oxygen atoms in total. The van der Waals surface area contributed by atoms with Crippen molar-refractivity contribution in [1.29, 1.82) is 0 Å². The molecule has 0 atom stereocenters. The molecule has 18 heavy (non-hydrogen) atoms. The third-order valence-corrected chi connectivity index (χ3v) is 4.20. The average Bonchev–Trinajstić information content (AvgIpc) is 2.38. The van der Waals surface area contributed by atoms with Gasteiger partial charge < -0.3 is 10.0 Å². The predicted molar refractivity (Wildman–Crippen MR) is 69.3 cm³/mol. The van der Waals surface area contributed by atoms with Crippen LogP contribution in [-0.2, 0) is 9.59 Å². The van der Waals surface area contributed by atoms with Crippen molar-refractivity contribution in [2.45, 2.75) is 33.1 Å². The molecule has 1 amide bonds. The zero-order chi connectivity index (χ0) is 13.8. The minimum atomic E-state index is -0.693. The van der Waals surface area contributed by atoms with Crippen LogP contribution in [0.4, 0.5) is 0 Å². The average molecular weight is 256 g/mol. The van der Waals surface area contributed by atoms with Crippen molar-refractivity contribution >= 4 is 11.9 Å². The van der Waals surface area contributed by atoms with Crippen LogP contribution >= 0.6 is 0 Å². The van der Waals surface area contributed by atoms with Crippen molar-refractivity contribution < 1.29 is 14.7 Å². The molecule has 1 fully saturated rings. The number of aliphatic carboxylic acids is 1. The fraction of sp³-hybridized carbons (Fsp3) is 0.846. The zero-order valence-electron chi connectivity index (χ0n) is 11.6. The van der Waals surface area contributed by atoms with E-state index in [1.807, 2.05) is 13.8 Å². The summed E-state index contributed by atoms with van der Waals surface area (Å²) in [6.45, 7) is 6.39. The Morgan fingerprint density at radius 3 is 2.22 bits per heavy atom. The van der Waals surface area contributed by atoms with E-state index in [1.54, 1.807) is 11.9 Å². The van der Waals surface area contributed by atoms with Gasteiger partial charge in [0, 0.05) is 13.6 Å². The second-order valence-electron chi connectivity index (χ2n) is 5.12. The molecule has 0 aromatic carbocycles. The number of carboxylic acid groups (broad SMARTS) is 1. The van der Waals surface area contributed by atoms with E-state index >= 15 is 0 Å². The Morgan fingerprint density at radius 2 is 1.83 bits per heavy atom. The molecule has 0 bridgehead atoms. The molecule has 0 spiro atoms. The molecule has 0 saturated carbocycles. The lowest BCUT2D eigenvalue weighted by molar-refractivity contribution is -0.152. The van der Waals surface area contributed by atoms with Crippen LogP contribution < -0.4 is 0 Å². The third kappa shape index (κ3) is 3.22. The van der Waals surface area contributed by atoms with Gasteiger partial charge in [-0.25, -0.2) is 0 Å². The number of nitrogens with zero attached hydrogens (tertiary/aromatic N) is 2. The molecule has 1 rings (SSSR count). The normalized spacial score (nSPS) is 19.5. The van der Waals surface area contributed by atoms with E-state index < -0.39 is 11.4 Å². The van der Waals surface area contributed by atoms with Gasteiger partial charge in [0.25, 0.3) is 0 Å². The van der Waals surface area contributed by atoms with Gasteiger partial charge in [-0.1, -0.05) is 6.92 Å². The quantitative estimate of drug-likeness (QED) is 0.798. The first kappa shape index (κ1) is 15.0. The maximum absolute atomic E-state index is 11.8. The predicted octanol–water partition coefficient (Wildman–Crippen LogP) is 1.04. The maximum Gasteiger partial charge on any atom is 0.309 e. The molecule has 1 saturated heterocycles. The maximum atomic E-state index is 11.8. The second-order valence-corrected chi connectivity index (χ2v) is 5.12. The minimum absolute atomic E-state index is 0.108. The molecular formula is C13H24N2O3. The molecule has 1 heterocycles. The van der Waals surface area contributed by atoms with E-state index in [4.69, 9.17) is 0 Å². The van der Waals surface area contributed by atoms with Gasteiger partial charge in [0.15, 0.2) is 0 Å². The van der Waals surface area contributed by atoms with Gasteiger partial charge in [0.05, 0.1) is 12.0 Å². The summed E-state index contributed by atoms with van der Waals surface area (Å²) in [7, 11) is 1.79. The Bertz CT molecular complexity index is 309. The summed E-state index contributed by atoms with van der Waals surface area (Å²) in [4.78, 5) is 26.8.